The molecule has 1 saturated heterocycles. The van der Waals surface area contributed by atoms with Crippen molar-refractivity contribution in [2.24, 2.45) is 0 Å². The van der Waals surface area contributed by atoms with Crippen LogP contribution in [0.2, 0.25) is 5.02 Å². The van der Waals surface area contributed by atoms with Gasteiger partial charge in [-0.25, -0.2) is 4.98 Å². The van der Waals surface area contributed by atoms with Crippen molar-refractivity contribution < 1.29 is 18.0 Å². The summed E-state index contributed by atoms with van der Waals surface area (Å²) in [5.41, 5.74) is -0.861. The molecule has 0 aromatic carbocycles. The fourth-order valence-electron chi connectivity index (χ4n) is 2.67. The Balaban J connectivity index is 2.04. The van der Waals surface area contributed by atoms with Crippen LogP contribution in [0.15, 0.2) is 12.3 Å². The van der Waals surface area contributed by atoms with Gasteiger partial charge in [-0.15, -0.1) is 0 Å². The van der Waals surface area contributed by atoms with Crippen LogP contribution in [0.3, 0.4) is 0 Å². The molecule has 1 unspecified atom stereocenters. The van der Waals surface area contributed by atoms with Gasteiger partial charge in [0.25, 0.3) is 0 Å². The number of piperazine rings is 1. The van der Waals surface area contributed by atoms with Gasteiger partial charge in [-0.2, -0.15) is 13.2 Å². The molecule has 2 heterocycles. The topological polar surface area (TPSA) is 39.7 Å². The van der Waals surface area contributed by atoms with E-state index in [0.29, 0.717) is 32.0 Å². The van der Waals surface area contributed by atoms with Crippen LogP contribution in [-0.2, 0) is 11.0 Å². The molecule has 1 fully saturated rings. The molecule has 2 rings (SSSR count). The minimum absolute atomic E-state index is 0.0179. The van der Waals surface area contributed by atoms with Crippen LogP contribution in [-0.4, -0.2) is 67.0 Å². The van der Waals surface area contributed by atoms with Gasteiger partial charge in [0.15, 0.2) is 0 Å². The van der Waals surface area contributed by atoms with E-state index in [-0.39, 0.29) is 17.0 Å². The zero-order chi connectivity index (χ0) is 18.1. The first kappa shape index (κ1) is 18.8. The number of alkyl halides is 3. The average molecular weight is 365 g/mol. The van der Waals surface area contributed by atoms with E-state index in [4.69, 9.17) is 11.6 Å². The maximum Gasteiger partial charge on any atom is 0.417 e. The number of halogens is 4. The Hall–Kier alpha value is -1.54. The molecule has 5 nitrogen and oxygen atoms in total. The Morgan fingerprint density at radius 2 is 1.88 bits per heavy atom. The highest BCUT2D eigenvalue weighted by atomic mass is 35.5. The Kier molecular flexibility index (Phi) is 5.59. The summed E-state index contributed by atoms with van der Waals surface area (Å²) < 4.78 is 38.0. The maximum atomic E-state index is 12.7. The molecule has 1 atom stereocenters. The van der Waals surface area contributed by atoms with Crippen molar-refractivity contribution >= 4 is 23.3 Å². The largest absolute Gasteiger partial charge is 0.417 e. The standard InChI is InChI=1S/C15H20ClF3N4O/c1-10(14(24)21(2)3)22-4-6-23(7-5-22)13-12(16)8-11(9-20-13)15(17,18)19/h8-10H,4-7H2,1-3H3. The number of anilines is 1. The molecular weight excluding hydrogens is 345 g/mol. The highest BCUT2D eigenvalue weighted by Gasteiger charge is 2.33. The van der Waals surface area contributed by atoms with E-state index in [1.165, 1.54) is 0 Å². The fourth-order valence-corrected chi connectivity index (χ4v) is 2.96. The number of pyridine rings is 1. The van der Waals surface area contributed by atoms with Crippen molar-refractivity contribution in [3.8, 4) is 0 Å². The van der Waals surface area contributed by atoms with Gasteiger partial charge in [0.2, 0.25) is 5.91 Å². The molecule has 1 aliphatic heterocycles. The smallest absolute Gasteiger partial charge is 0.353 e. The third kappa shape index (κ3) is 4.10. The number of likely N-dealkylation sites (N-methyl/N-ethyl adjacent to an activating group) is 1. The molecule has 1 aliphatic rings. The van der Waals surface area contributed by atoms with E-state index >= 15 is 0 Å². The predicted octanol–water partition coefficient (Wildman–Crippen LogP) is 2.35. The highest BCUT2D eigenvalue weighted by Crippen LogP contribution is 2.33. The van der Waals surface area contributed by atoms with Crippen LogP contribution in [0.5, 0.6) is 0 Å². The number of nitrogens with zero attached hydrogens (tertiary/aromatic N) is 4. The van der Waals surface area contributed by atoms with Crippen molar-refractivity contribution in [2.45, 2.75) is 19.1 Å². The van der Waals surface area contributed by atoms with Crippen LogP contribution in [0.25, 0.3) is 0 Å². The van der Waals surface area contributed by atoms with E-state index in [1.807, 2.05) is 16.7 Å². The normalized spacial score (nSPS) is 17.7. The lowest BCUT2D eigenvalue weighted by atomic mass is 10.2. The molecule has 0 spiro atoms. The molecule has 1 aromatic rings. The number of aromatic nitrogens is 1. The molecular formula is C15H20ClF3N4O. The van der Waals surface area contributed by atoms with Crippen LogP contribution >= 0.6 is 11.6 Å². The Morgan fingerprint density at radius 3 is 2.33 bits per heavy atom. The highest BCUT2D eigenvalue weighted by molar-refractivity contribution is 6.33. The number of hydrogen-bond donors (Lipinski definition) is 0. The molecule has 1 amide bonds. The number of carbonyl (C=O) groups excluding carboxylic acids is 1. The minimum atomic E-state index is -4.46. The second kappa shape index (κ2) is 7.14. The van der Waals surface area contributed by atoms with E-state index in [2.05, 4.69) is 4.98 Å². The molecule has 0 aliphatic carbocycles. The van der Waals surface area contributed by atoms with Gasteiger partial charge in [0.1, 0.15) is 5.82 Å². The maximum absolute atomic E-state index is 12.7. The summed E-state index contributed by atoms with van der Waals surface area (Å²) in [5, 5.41) is -0.0179. The van der Waals surface area contributed by atoms with Gasteiger partial charge >= 0.3 is 6.18 Å². The van der Waals surface area contributed by atoms with Crippen molar-refractivity contribution in [2.75, 3.05) is 45.2 Å². The van der Waals surface area contributed by atoms with E-state index < -0.39 is 11.7 Å². The third-order valence-corrected chi connectivity index (χ3v) is 4.39. The molecule has 24 heavy (non-hydrogen) atoms. The van der Waals surface area contributed by atoms with Crippen LogP contribution in [0, 0.1) is 0 Å². The van der Waals surface area contributed by atoms with Crippen molar-refractivity contribution in [1.82, 2.24) is 14.8 Å². The summed E-state index contributed by atoms with van der Waals surface area (Å²) in [6.07, 6.45) is -3.67. The Bertz CT molecular complexity index is 601. The second-order valence-electron chi connectivity index (χ2n) is 5.96. The lowest BCUT2D eigenvalue weighted by molar-refractivity contribution is -0.137. The summed E-state index contributed by atoms with van der Waals surface area (Å²) in [5.74, 6) is 0.366. The number of amides is 1. The summed E-state index contributed by atoms with van der Waals surface area (Å²) in [6.45, 7) is 4.16. The molecule has 0 bridgehead atoms. The van der Waals surface area contributed by atoms with Gasteiger partial charge in [0, 0.05) is 46.5 Å². The molecule has 1 aromatic heterocycles. The zero-order valence-electron chi connectivity index (χ0n) is 13.8. The van der Waals surface area contributed by atoms with Gasteiger partial charge < -0.3 is 9.80 Å². The van der Waals surface area contributed by atoms with Crippen molar-refractivity contribution in [3.05, 3.63) is 22.8 Å². The summed E-state index contributed by atoms with van der Waals surface area (Å²) in [4.78, 5) is 21.3. The van der Waals surface area contributed by atoms with Crippen LogP contribution in [0.1, 0.15) is 12.5 Å². The monoisotopic (exact) mass is 364 g/mol. The number of hydrogen-bond acceptors (Lipinski definition) is 4. The molecule has 0 N–H and O–H groups in total. The molecule has 0 radical (unpaired) electrons. The van der Waals surface area contributed by atoms with Crippen LogP contribution < -0.4 is 4.90 Å². The molecule has 9 heteroatoms. The fraction of sp³-hybridized carbons (Fsp3) is 0.600. The number of carbonyl (C=O) groups is 1. The van der Waals surface area contributed by atoms with E-state index in [0.717, 1.165) is 12.3 Å². The first-order valence-electron chi connectivity index (χ1n) is 7.54. The van der Waals surface area contributed by atoms with Crippen LogP contribution in [0.4, 0.5) is 19.0 Å². The predicted molar refractivity (Wildman–Crippen MR) is 86.2 cm³/mol. The second-order valence-corrected chi connectivity index (χ2v) is 6.37. The zero-order valence-corrected chi connectivity index (χ0v) is 14.5. The molecule has 134 valence electrons. The first-order valence-corrected chi connectivity index (χ1v) is 7.92. The summed E-state index contributed by atoms with van der Waals surface area (Å²) in [6, 6.07) is 0.659. The van der Waals surface area contributed by atoms with Gasteiger partial charge in [-0.1, -0.05) is 11.6 Å². The average Bonchev–Trinajstić information content (AvgIpc) is 2.52. The minimum Gasteiger partial charge on any atom is -0.353 e. The quantitative estimate of drug-likeness (QED) is 0.825. The number of rotatable bonds is 3. The van der Waals surface area contributed by atoms with Gasteiger partial charge in [0.05, 0.1) is 16.6 Å². The lowest BCUT2D eigenvalue weighted by Gasteiger charge is -2.38. The van der Waals surface area contributed by atoms with Crippen molar-refractivity contribution in [3.63, 3.8) is 0 Å². The van der Waals surface area contributed by atoms with E-state index in [9.17, 15) is 18.0 Å². The third-order valence-electron chi connectivity index (χ3n) is 4.11. The van der Waals surface area contributed by atoms with Gasteiger partial charge in [-0.3, -0.25) is 9.69 Å². The van der Waals surface area contributed by atoms with Gasteiger partial charge in [-0.05, 0) is 13.0 Å². The first-order chi connectivity index (χ1) is 11.1. The SMILES string of the molecule is CC(C(=O)N(C)C)N1CCN(c2ncc(C(F)(F)F)cc2Cl)CC1. The Morgan fingerprint density at radius 1 is 1.29 bits per heavy atom. The summed E-state index contributed by atoms with van der Waals surface area (Å²) in [7, 11) is 3.42. The van der Waals surface area contributed by atoms with Crippen molar-refractivity contribution in [1.29, 1.82) is 0 Å². The Labute approximate surface area is 144 Å². The van der Waals surface area contributed by atoms with E-state index in [1.54, 1.807) is 19.0 Å². The summed E-state index contributed by atoms with van der Waals surface area (Å²) >= 11 is 5.98. The molecule has 0 saturated carbocycles. The lowest BCUT2D eigenvalue weighted by Crippen LogP contribution is -2.53.